The number of ether oxygens (including phenoxy) is 1. The summed E-state index contributed by atoms with van der Waals surface area (Å²) >= 11 is 3.20. The first-order valence-corrected chi connectivity index (χ1v) is 5.39. The summed E-state index contributed by atoms with van der Waals surface area (Å²) in [5.74, 6) is -1.33. The maximum Gasteiger partial charge on any atom is 0.170 e. The van der Waals surface area contributed by atoms with Gasteiger partial charge in [-0.1, -0.05) is 0 Å². The number of rotatable bonds is 2. The lowest BCUT2D eigenvalue weighted by Gasteiger charge is -2.08. The van der Waals surface area contributed by atoms with Crippen molar-refractivity contribution in [2.75, 3.05) is 5.73 Å². The van der Waals surface area contributed by atoms with Gasteiger partial charge in [0, 0.05) is 22.8 Å². The first kappa shape index (κ1) is 11.8. The average molecular weight is 301 g/mol. The molecule has 0 amide bonds. The molecule has 0 unspecified atom stereocenters. The number of benzene rings is 1. The summed E-state index contributed by atoms with van der Waals surface area (Å²) in [5, 5.41) is 0. The number of halogens is 3. The van der Waals surface area contributed by atoms with E-state index in [0.717, 1.165) is 12.1 Å². The van der Waals surface area contributed by atoms with Crippen LogP contribution >= 0.6 is 15.9 Å². The van der Waals surface area contributed by atoms with Crippen molar-refractivity contribution in [3.05, 3.63) is 46.6 Å². The lowest BCUT2D eigenvalue weighted by Crippen LogP contribution is -1.95. The highest BCUT2D eigenvalue weighted by Gasteiger charge is 2.07. The van der Waals surface area contributed by atoms with Gasteiger partial charge >= 0.3 is 0 Å². The second-order valence-electron chi connectivity index (χ2n) is 3.21. The van der Waals surface area contributed by atoms with Gasteiger partial charge in [-0.2, -0.15) is 0 Å². The van der Waals surface area contributed by atoms with Gasteiger partial charge in [0.1, 0.15) is 5.75 Å². The molecule has 0 fully saturated rings. The van der Waals surface area contributed by atoms with Crippen molar-refractivity contribution in [1.82, 2.24) is 4.98 Å². The summed E-state index contributed by atoms with van der Waals surface area (Å²) in [4.78, 5) is 3.85. The molecule has 0 atom stereocenters. The molecule has 2 aromatic rings. The molecule has 0 aliphatic heterocycles. The SMILES string of the molecule is Nc1ncc(Br)cc1Oc1ccc(F)c(F)c1. The molecule has 1 aromatic carbocycles. The Hall–Kier alpha value is -1.69. The Morgan fingerprint density at radius 1 is 1.18 bits per heavy atom. The topological polar surface area (TPSA) is 48.1 Å². The molecule has 0 aliphatic rings. The quantitative estimate of drug-likeness (QED) is 0.923. The molecule has 0 spiro atoms. The average Bonchev–Trinajstić information content (AvgIpc) is 2.29. The minimum Gasteiger partial charge on any atom is -0.453 e. The van der Waals surface area contributed by atoms with Gasteiger partial charge in [-0.15, -0.1) is 0 Å². The van der Waals surface area contributed by atoms with Crippen LogP contribution in [0, 0.1) is 11.6 Å². The van der Waals surface area contributed by atoms with Gasteiger partial charge in [-0.05, 0) is 28.1 Å². The van der Waals surface area contributed by atoms with Crippen LogP contribution in [0.3, 0.4) is 0 Å². The number of nitrogen functional groups attached to an aromatic ring is 1. The van der Waals surface area contributed by atoms with E-state index in [4.69, 9.17) is 10.5 Å². The van der Waals surface area contributed by atoms with Crippen molar-refractivity contribution in [2.24, 2.45) is 0 Å². The fraction of sp³-hybridized carbons (Fsp3) is 0. The number of aromatic nitrogens is 1. The van der Waals surface area contributed by atoms with Crippen molar-refractivity contribution in [3.63, 3.8) is 0 Å². The molecule has 1 heterocycles. The van der Waals surface area contributed by atoms with Gasteiger partial charge in [-0.25, -0.2) is 13.8 Å². The standard InChI is InChI=1S/C11H7BrF2N2O/c12-6-3-10(11(15)16-5-6)17-7-1-2-8(13)9(14)4-7/h1-5H,(H2,15,16). The normalized spacial score (nSPS) is 10.3. The fourth-order valence-electron chi connectivity index (χ4n) is 1.18. The van der Waals surface area contributed by atoms with Crippen molar-refractivity contribution in [2.45, 2.75) is 0 Å². The Morgan fingerprint density at radius 3 is 2.65 bits per heavy atom. The fourth-order valence-corrected chi connectivity index (χ4v) is 1.49. The Morgan fingerprint density at radius 2 is 1.94 bits per heavy atom. The number of nitrogens with zero attached hydrogens (tertiary/aromatic N) is 1. The molecular weight excluding hydrogens is 294 g/mol. The minimum atomic E-state index is -0.982. The number of nitrogens with two attached hydrogens (primary N) is 1. The zero-order valence-electron chi connectivity index (χ0n) is 8.45. The highest BCUT2D eigenvalue weighted by Crippen LogP contribution is 2.29. The lowest BCUT2D eigenvalue weighted by atomic mass is 10.3. The number of pyridine rings is 1. The van der Waals surface area contributed by atoms with Crippen LogP contribution in [0.15, 0.2) is 34.9 Å². The van der Waals surface area contributed by atoms with Gasteiger partial charge in [0.05, 0.1) is 0 Å². The minimum absolute atomic E-state index is 0.149. The van der Waals surface area contributed by atoms with Gasteiger partial charge in [0.2, 0.25) is 0 Å². The van der Waals surface area contributed by atoms with Crippen LogP contribution in [0.4, 0.5) is 14.6 Å². The second kappa shape index (κ2) is 4.67. The number of hydrogen-bond acceptors (Lipinski definition) is 3. The molecular formula is C11H7BrF2N2O. The predicted molar refractivity (Wildman–Crippen MR) is 62.8 cm³/mol. The first-order chi connectivity index (χ1) is 8.06. The summed E-state index contributed by atoms with van der Waals surface area (Å²) in [6, 6.07) is 4.81. The van der Waals surface area contributed by atoms with Crippen LogP contribution in [0.25, 0.3) is 0 Å². The molecule has 0 aliphatic carbocycles. The summed E-state index contributed by atoms with van der Waals surface area (Å²) in [7, 11) is 0. The van der Waals surface area contributed by atoms with Gasteiger partial charge in [-0.3, -0.25) is 0 Å². The van der Waals surface area contributed by atoms with Crippen molar-refractivity contribution in [1.29, 1.82) is 0 Å². The molecule has 6 heteroatoms. The molecule has 0 bridgehead atoms. The lowest BCUT2D eigenvalue weighted by molar-refractivity contribution is 0.461. The molecule has 1 aromatic heterocycles. The van der Waals surface area contributed by atoms with Crippen LogP contribution in [0.5, 0.6) is 11.5 Å². The smallest absolute Gasteiger partial charge is 0.170 e. The van der Waals surface area contributed by atoms with E-state index in [-0.39, 0.29) is 17.3 Å². The molecule has 2 N–H and O–H groups in total. The molecule has 0 saturated heterocycles. The maximum atomic E-state index is 13.0. The Bertz CT molecular complexity index is 563. The third kappa shape index (κ3) is 2.71. The third-order valence-corrected chi connectivity index (χ3v) is 2.40. The van der Waals surface area contributed by atoms with Crippen LogP contribution in [0.1, 0.15) is 0 Å². The van der Waals surface area contributed by atoms with Crippen LogP contribution in [-0.2, 0) is 0 Å². The predicted octanol–water partition coefficient (Wildman–Crippen LogP) is 3.50. The van der Waals surface area contributed by atoms with E-state index in [9.17, 15) is 8.78 Å². The molecule has 88 valence electrons. The summed E-state index contributed by atoms with van der Waals surface area (Å²) in [6.07, 6.45) is 1.51. The summed E-state index contributed by atoms with van der Waals surface area (Å²) in [6.45, 7) is 0. The van der Waals surface area contributed by atoms with Crippen LogP contribution < -0.4 is 10.5 Å². The summed E-state index contributed by atoms with van der Waals surface area (Å²) in [5.41, 5.74) is 5.58. The Labute approximate surface area is 104 Å². The Kier molecular flexibility index (Phi) is 3.23. The number of hydrogen-bond donors (Lipinski definition) is 1. The highest BCUT2D eigenvalue weighted by molar-refractivity contribution is 9.10. The van der Waals surface area contributed by atoms with E-state index in [2.05, 4.69) is 20.9 Å². The van der Waals surface area contributed by atoms with Crippen molar-refractivity contribution >= 4 is 21.7 Å². The van der Waals surface area contributed by atoms with E-state index >= 15 is 0 Å². The first-order valence-electron chi connectivity index (χ1n) is 4.60. The van der Waals surface area contributed by atoms with Crippen LogP contribution in [-0.4, -0.2) is 4.98 Å². The highest BCUT2D eigenvalue weighted by atomic mass is 79.9. The zero-order valence-corrected chi connectivity index (χ0v) is 10.0. The maximum absolute atomic E-state index is 13.0. The van der Waals surface area contributed by atoms with E-state index in [1.807, 2.05) is 0 Å². The van der Waals surface area contributed by atoms with Crippen molar-refractivity contribution in [3.8, 4) is 11.5 Å². The van der Waals surface area contributed by atoms with E-state index in [0.29, 0.717) is 4.47 Å². The molecule has 3 nitrogen and oxygen atoms in total. The number of anilines is 1. The monoisotopic (exact) mass is 300 g/mol. The van der Waals surface area contributed by atoms with Crippen molar-refractivity contribution < 1.29 is 13.5 Å². The van der Waals surface area contributed by atoms with Gasteiger partial charge in [0.25, 0.3) is 0 Å². The Balaban J connectivity index is 2.31. The molecule has 0 radical (unpaired) electrons. The summed E-state index contributed by atoms with van der Waals surface area (Å²) < 4.78 is 31.6. The zero-order chi connectivity index (χ0) is 12.4. The van der Waals surface area contributed by atoms with Gasteiger partial charge < -0.3 is 10.5 Å². The van der Waals surface area contributed by atoms with Gasteiger partial charge in [0.15, 0.2) is 23.2 Å². The largest absolute Gasteiger partial charge is 0.453 e. The second-order valence-corrected chi connectivity index (χ2v) is 4.13. The third-order valence-electron chi connectivity index (χ3n) is 1.97. The molecule has 0 saturated carbocycles. The van der Waals surface area contributed by atoms with E-state index < -0.39 is 11.6 Å². The van der Waals surface area contributed by atoms with E-state index in [1.54, 1.807) is 6.07 Å². The van der Waals surface area contributed by atoms with Crippen LogP contribution in [0.2, 0.25) is 0 Å². The molecule has 17 heavy (non-hydrogen) atoms. The molecule has 2 rings (SSSR count). The van der Waals surface area contributed by atoms with E-state index in [1.165, 1.54) is 12.3 Å².